The lowest BCUT2D eigenvalue weighted by Crippen LogP contribution is -2.19. The second-order valence-corrected chi connectivity index (χ2v) is 22.7. The van der Waals surface area contributed by atoms with E-state index in [0.29, 0.717) is 0 Å². The predicted molar refractivity (Wildman–Crippen MR) is 273 cm³/mol. The molecule has 2 heterocycles. The van der Waals surface area contributed by atoms with Gasteiger partial charge in [-0.2, -0.15) is 0 Å². The second-order valence-electron chi connectivity index (χ2n) is 22.7. The highest BCUT2D eigenvalue weighted by atomic mass is 16.3. The number of pyridine rings is 1. The third kappa shape index (κ3) is 7.49. The smallest absolute Gasteiger partial charge is 0.145 e. The summed E-state index contributed by atoms with van der Waals surface area (Å²) in [6.45, 7) is 31.9. The highest BCUT2D eigenvalue weighted by Gasteiger charge is 2.40. The molecule has 6 aromatic carbocycles. The number of fused-ring (bicyclic) bond motifs is 7. The minimum atomic E-state index is -0.369. The Labute approximate surface area is 382 Å². The van der Waals surface area contributed by atoms with E-state index in [1.807, 2.05) is 6.20 Å². The summed E-state index contributed by atoms with van der Waals surface area (Å²) >= 11 is 0. The first-order valence-electron chi connectivity index (χ1n) is 23.0. The summed E-state index contributed by atoms with van der Waals surface area (Å²) in [5.74, 6) is 0.865. The second kappa shape index (κ2) is 15.0. The number of rotatable bonds is 6. The molecule has 0 amide bonds. The van der Waals surface area contributed by atoms with Gasteiger partial charge in [-0.05, 0) is 127 Å². The van der Waals surface area contributed by atoms with Crippen LogP contribution in [0.1, 0.15) is 130 Å². The molecule has 0 fully saturated rings. The zero-order valence-corrected chi connectivity index (χ0v) is 40.5. The van der Waals surface area contributed by atoms with E-state index in [9.17, 15) is 0 Å². The summed E-state index contributed by atoms with van der Waals surface area (Å²) in [6, 6.07) is 49.7. The zero-order valence-electron chi connectivity index (χ0n) is 40.5. The Balaban J connectivity index is 1.26. The molecule has 9 rings (SSSR count). The first-order chi connectivity index (χ1) is 30.0. The lowest BCUT2D eigenvalue weighted by Gasteiger charge is -2.30. The van der Waals surface area contributed by atoms with Crippen LogP contribution in [0.15, 0.2) is 144 Å². The summed E-state index contributed by atoms with van der Waals surface area (Å²) < 4.78 is 7.07. The Hall–Kier alpha value is -6.13. The van der Waals surface area contributed by atoms with Gasteiger partial charge in [0.15, 0.2) is 0 Å². The minimum Gasteiger partial charge on any atom is -0.455 e. The molecule has 0 saturated carbocycles. The lowest BCUT2D eigenvalue weighted by molar-refractivity contribution is 0.587. The largest absolute Gasteiger partial charge is 0.455 e. The number of hydrogen-bond donors (Lipinski definition) is 0. The van der Waals surface area contributed by atoms with Crippen molar-refractivity contribution in [2.24, 2.45) is 0 Å². The summed E-state index contributed by atoms with van der Waals surface area (Å²) in [6.07, 6.45) is 2.05. The summed E-state index contributed by atoms with van der Waals surface area (Å²) in [5.41, 5.74) is 17.0. The monoisotopic (exact) mass is 844 g/mol. The normalized spacial score (nSPS) is 13.9. The van der Waals surface area contributed by atoms with Gasteiger partial charge in [-0.15, -0.1) is 0 Å². The average Bonchev–Trinajstić information content (AvgIpc) is 3.73. The molecule has 0 bridgehead atoms. The van der Waals surface area contributed by atoms with Crippen molar-refractivity contribution in [1.29, 1.82) is 0 Å². The van der Waals surface area contributed by atoms with Gasteiger partial charge in [0.05, 0.1) is 11.1 Å². The van der Waals surface area contributed by atoms with E-state index in [1.165, 1.54) is 38.9 Å². The van der Waals surface area contributed by atoms with Crippen molar-refractivity contribution in [1.82, 2.24) is 4.98 Å². The fourth-order valence-electron chi connectivity index (χ4n) is 9.50. The third-order valence-electron chi connectivity index (χ3n) is 13.6. The maximum absolute atomic E-state index is 7.07. The summed E-state index contributed by atoms with van der Waals surface area (Å²) in [4.78, 5) is 9.98. The van der Waals surface area contributed by atoms with E-state index in [4.69, 9.17) is 9.40 Å². The maximum Gasteiger partial charge on any atom is 0.145 e. The van der Waals surface area contributed by atoms with Gasteiger partial charge in [0.1, 0.15) is 17.0 Å². The molecular weight excluding hydrogens is 779 g/mol. The molecule has 0 N–H and O–H groups in total. The third-order valence-corrected chi connectivity index (χ3v) is 13.6. The van der Waals surface area contributed by atoms with Crippen molar-refractivity contribution >= 4 is 56.2 Å². The molecule has 4 nitrogen and oxygen atoms in total. The molecule has 0 radical (unpaired) electrons. The number of aromatic nitrogens is 1. The van der Waals surface area contributed by atoms with Crippen LogP contribution in [-0.4, -0.2) is 4.98 Å². The van der Waals surface area contributed by atoms with Gasteiger partial charge in [0, 0.05) is 45.3 Å². The van der Waals surface area contributed by atoms with Crippen LogP contribution in [0.3, 0.4) is 0 Å². The van der Waals surface area contributed by atoms with Gasteiger partial charge in [-0.3, -0.25) is 4.90 Å². The molecule has 8 aromatic rings. The van der Waals surface area contributed by atoms with Gasteiger partial charge >= 0.3 is 0 Å². The van der Waals surface area contributed by atoms with E-state index in [2.05, 4.69) is 240 Å². The molecule has 1 aliphatic rings. The Bertz CT molecular complexity index is 2900. The van der Waals surface area contributed by atoms with Crippen LogP contribution in [0.2, 0.25) is 0 Å². The SMILES string of the molecule is CC(C)(C)c1ccc(N(c2ccc(C(C)(C)C)cc2)c2ccc3c(c2)C(C)(C)c2cc(N(c4ccc(C(C)(C)C)cc4)c4ccc(C(C)(C)C)cn4)c4c(oc5ccccc54)c2-3)cc1. The van der Waals surface area contributed by atoms with E-state index in [1.54, 1.807) is 0 Å². The fourth-order valence-corrected chi connectivity index (χ4v) is 9.50. The molecule has 2 aromatic heterocycles. The topological polar surface area (TPSA) is 32.5 Å². The van der Waals surface area contributed by atoms with E-state index < -0.39 is 0 Å². The molecule has 326 valence electrons. The first-order valence-corrected chi connectivity index (χ1v) is 23.0. The maximum atomic E-state index is 7.07. The number of hydrogen-bond acceptors (Lipinski definition) is 4. The molecule has 0 unspecified atom stereocenters. The number of anilines is 6. The lowest BCUT2D eigenvalue weighted by atomic mass is 9.81. The van der Waals surface area contributed by atoms with Gasteiger partial charge in [0.2, 0.25) is 0 Å². The number of benzene rings is 6. The van der Waals surface area contributed by atoms with Crippen molar-refractivity contribution in [2.45, 2.75) is 124 Å². The molecule has 0 saturated heterocycles. The van der Waals surface area contributed by atoms with E-state index >= 15 is 0 Å². The Morgan fingerprint density at radius 1 is 0.469 bits per heavy atom. The molecule has 0 aliphatic heterocycles. The van der Waals surface area contributed by atoms with Gasteiger partial charge in [-0.1, -0.05) is 164 Å². The first kappa shape index (κ1) is 43.1. The van der Waals surface area contributed by atoms with Gasteiger partial charge in [-0.25, -0.2) is 4.98 Å². The van der Waals surface area contributed by atoms with E-state index in [0.717, 1.165) is 61.8 Å². The van der Waals surface area contributed by atoms with Gasteiger partial charge < -0.3 is 9.32 Å². The highest BCUT2D eigenvalue weighted by Crippen LogP contribution is 2.57. The molecule has 1 aliphatic carbocycles. The van der Waals surface area contributed by atoms with Crippen molar-refractivity contribution in [3.8, 4) is 11.1 Å². The summed E-state index contributed by atoms with van der Waals surface area (Å²) in [5, 5.41) is 2.17. The molecule has 0 spiro atoms. The van der Waals surface area contributed by atoms with Crippen molar-refractivity contribution in [3.05, 3.63) is 173 Å². The highest BCUT2D eigenvalue weighted by molar-refractivity contribution is 6.19. The Morgan fingerprint density at radius 2 is 0.938 bits per heavy atom. The predicted octanol–water partition coefficient (Wildman–Crippen LogP) is 17.4. The zero-order chi connectivity index (χ0) is 45.7. The number of nitrogens with zero attached hydrogens (tertiary/aromatic N) is 3. The Morgan fingerprint density at radius 3 is 1.42 bits per heavy atom. The standard InChI is InChI=1S/C60H65N3O/c1-56(2,3)38-19-26-42(27-20-38)62(43-28-21-39(22-29-43)57(4,5)6)45-32-33-46-48(35-45)60(13,14)49-36-50(54-47-17-15-16-18-51(47)64-55(54)53(46)49)63(44-30-23-40(24-31-44)58(7,8)9)52-34-25-41(37-61-52)59(10,11)12/h15-37H,1-14H3. The van der Waals surface area contributed by atoms with Crippen LogP contribution in [-0.2, 0) is 27.1 Å². The van der Waals surface area contributed by atoms with Crippen LogP contribution in [0.25, 0.3) is 33.1 Å². The van der Waals surface area contributed by atoms with Crippen molar-refractivity contribution < 1.29 is 4.42 Å². The average molecular weight is 844 g/mol. The van der Waals surface area contributed by atoms with Crippen molar-refractivity contribution in [2.75, 3.05) is 9.80 Å². The minimum absolute atomic E-state index is 0.0214. The summed E-state index contributed by atoms with van der Waals surface area (Å²) in [7, 11) is 0. The van der Waals surface area contributed by atoms with Crippen LogP contribution in [0.4, 0.5) is 34.3 Å². The molecule has 0 atom stereocenters. The molecular formula is C60H65N3O. The quantitative estimate of drug-likeness (QED) is 0.167. The van der Waals surface area contributed by atoms with Crippen LogP contribution < -0.4 is 9.80 Å². The molecule has 4 heteroatoms. The van der Waals surface area contributed by atoms with Gasteiger partial charge in [0.25, 0.3) is 0 Å². The number of para-hydroxylation sites is 1. The van der Waals surface area contributed by atoms with Crippen LogP contribution >= 0.6 is 0 Å². The number of furan rings is 1. The Kier molecular flexibility index (Phi) is 10.1. The van der Waals surface area contributed by atoms with Crippen molar-refractivity contribution in [3.63, 3.8) is 0 Å². The van der Waals surface area contributed by atoms with E-state index in [-0.39, 0.29) is 27.1 Å². The van der Waals surface area contributed by atoms with Crippen LogP contribution in [0.5, 0.6) is 0 Å². The fraction of sp³-hybridized carbons (Fsp3) is 0.317. The van der Waals surface area contributed by atoms with Crippen LogP contribution in [0, 0.1) is 0 Å². The molecule has 64 heavy (non-hydrogen) atoms.